The Morgan fingerprint density at radius 3 is 3.00 bits per heavy atom. The number of aromatic nitrogens is 1. The molecule has 1 aromatic heterocycles. The zero-order valence-corrected chi connectivity index (χ0v) is 8.95. The van der Waals surface area contributed by atoms with Crippen LogP contribution < -0.4 is 5.32 Å². The normalized spacial score (nSPS) is 11.3. The fourth-order valence-electron chi connectivity index (χ4n) is 1.08. The summed E-state index contributed by atoms with van der Waals surface area (Å²) in [6, 6.07) is 1.74. The molecule has 0 amide bonds. The molecule has 2 N–H and O–H groups in total. The van der Waals surface area contributed by atoms with Gasteiger partial charge in [-0.25, -0.2) is 0 Å². The van der Waals surface area contributed by atoms with Gasteiger partial charge >= 0.3 is 0 Å². The quantitative estimate of drug-likeness (QED) is 0.602. The fraction of sp³-hybridized carbons (Fsp3) is 0.200. The van der Waals surface area contributed by atoms with Crippen molar-refractivity contribution in [2.75, 3.05) is 12.4 Å². The molecule has 0 aliphatic rings. The van der Waals surface area contributed by atoms with Crippen molar-refractivity contribution >= 4 is 29.7 Å². The number of nitrogens with zero attached hydrogens (tertiary/aromatic N) is 1. The van der Waals surface area contributed by atoms with Crippen molar-refractivity contribution in [2.45, 2.75) is 6.61 Å². The molecule has 0 unspecified atom stereocenters. The van der Waals surface area contributed by atoms with Gasteiger partial charge in [-0.3, -0.25) is 9.78 Å². The molecule has 4 nitrogen and oxygen atoms in total. The maximum Gasteiger partial charge on any atom is 0.161 e. The van der Waals surface area contributed by atoms with E-state index in [9.17, 15) is 4.79 Å². The summed E-state index contributed by atoms with van der Waals surface area (Å²) in [5.74, 6) is 0. The molecule has 0 radical (unpaired) electrons. The standard InChI is InChI=1S/C10H11ClN2O2/c1-12-9-2-7(5-14)4-13-10(9)3-8(11)6-15/h2-4,6,12,14H,5H2,1H3/b8-3+. The molecular formula is C10H11ClN2O2. The highest BCUT2D eigenvalue weighted by molar-refractivity contribution is 6.40. The fourth-order valence-corrected chi connectivity index (χ4v) is 1.19. The molecular weight excluding hydrogens is 216 g/mol. The van der Waals surface area contributed by atoms with Crippen molar-refractivity contribution in [2.24, 2.45) is 0 Å². The molecule has 0 saturated heterocycles. The SMILES string of the molecule is CNc1cc(CO)cnc1/C=C(/Cl)C=O. The zero-order chi connectivity index (χ0) is 11.3. The summed E-state index contributed by atoms with van der Waals surface area (Å²) in [6.07, 6.45) is 3.53. The number of allylic oxidation sites excluding steroid dienone is 1. The van der Waals surface area contributed by atoms with Gasteiger partial charge in [0.1, 0.15) is 0 Å². The third-order valence-corrected chi connectivity index (χ3v) is 2.01. The molecule has 0 saturated carbocycles. The van der Waals surface area contributed by atoms with Crippen LogP contribution in [0.5, 0.6) is 0 Å². The molecule has 1 rings (SSSR count). The minimum Gasteiger partial charge on any atom is -0.392 e. The van der Waals surface area contributed by atoms with Gasteiger partial charge in [-0.2, -0.15) is 0 Å². The van der Waals surface area contributed by atoms with E-state index in [1.165, 1.54) is 12.3 Å². The van der Waals surface area contributed by atoms with Crippen molar-refractivity contribution in [3.63, 3.8) is 0 Å². The highest BCUT2D eigenvalue weighted by Crippen LogP contribution is 2.18. The van der Waals surface area contributed by atoms with E-state index in [0.717, 1.165) is 0 Å². The number of aliphatic hydroxyl groups is 1. The first-order valence-electron chi connectivity index (χ1n) is 4.31. The molecule has 1 aromatic rings. The minimum absolute atomic E-state index is 0.0763. The number of hydrogen-bond acceptors (Lipinski definition) is 4. The minimum atomic E-state index is -0.0763. The number of hydrogen-bond donors (Lipinski definition) is 2. The number of carbonyl (C=O) groups is 1. The summed E-state index contributed by atoms with van der Waals surface area (Å²) in [5.41, 5.74) is 1.96. The van der Waals surface area contributed by atoms with Crippen molar-refractivity contribution < 1.29 is 9.90 Å². The van der Waals surface area contributed by atoms with Crippen LogP contribution in [-0.2, 0) is 11.4 Å². The smallest absolute Gasteiger partial charge is 0.161 e. The Bertz CT molecular complexity index is 391. The van der Waals surface area contributed by atoms with E-state index in [0.29, 0.717) is 23.2 Å². The van der Waals surface area contributed by atoms with Crippen LogP contribution in [0.15, 0.2) is 17.3 Å². The lowest BCUT2D eigenvalue weighted by Crippen LogP contribution is -1.97. The van der Waals surface area contributed by atoms with E-state index < -0.39 is 0 Å². The first-order chi connectivity index (χ1) is 7.21. The lowest BCUT2D eigenvalue weighted by atomic mass is 10.2. The molecule has 0 bridgehead atoms. The van der Waals surface area contributed by atoms with Crippen LogP contribution in [0.1, 0.15) is 11.3 Å². The summed E-state index contributed by atoms with van der Waals surface area (Å²) in [6.45, 7) is -0.0763. The number of nitrogens with one attached hydrogen (secondary N) is 1. The number of rotatable bonds is 4. The Kier molecular flexibility index (Phi) is 4.27. The van der Waals surface area contributed by atoms with E-state index in [1.807, 2.05) is 0 Å². The molecule has 0 aliphatic heterocycles. The topological polar surface area (TPSA) is 62.2 Å². The van der Waals surface area contributed by atoms with Gasteiger partial charge < -0.3 is 10.4 Å². The molecule has 80 valence electrons. The third kappa shape index (κ3) is 3.04. The first-order valence-corrected chi connectivity index (χ1v) is 4.69. The molecule has 1 heterocycles. The second-order valence-corrected chi connectivity index (χ2v) is 3.27. The van der Waals surface area contributed by atoms with Crippen LogP contribution in [0, 0.1) is 0 Å². The third-order valence-electron chi connectivity index (χ3n) is 1.81. The zero-order valence-electron chi connectivity index (χ0n) is 8.20. The van der Waals surface area contributed by atoms with E-state index in [4.69, 9.17) is 16.7 Å². The predicted octanol–water partition coefficient (Wildman–Crippen LogP) is 1.39. The molecule has 0 spiro atoms. The Morgan fingerprint density at radius 1 is 1.73 bits per heavy atom. The summed E-state index contributed by atoms with van der Waals surface area (Å²) < 4.78 is 0. The summed E-state index contributed by atoms with van der Waals surface area (Å²) in [4.78, 5) is 14.4. The molecule has 15 heavy (non-hydrogen) atoms. The average molecular weight is 227 g/mol. The molecule has 5 heteroatoms. The van der Waals surface area contributed by atoms with Gasteiger partial charge in [-0.15, -0.1) is 0 Å². The maximum atomic E-state index is 10.3. The average Bonchev–Trinajstić information content (AvgIpc) is 2.29. The van der Waals surface area contributed by atoms with Gasteiger partial charge in [0.2, 0.25) is 0 Å². The molecule has 0 aliphatic carbocycles. The van der Waals surface area contributed by atoms with Gasteiger partial charge in [-0.05, 0) is 17.7 Å². The highest BCUT2D eigenvalue weighted by atomic mass is 35.5. The van der Waals surface area contributed by atoms with Crippen molar-refractivity contribution in [1.82, 2.24) is 4.98 Å². The van der Waals surface area contributed by atoms with Gasteiger partial charge in [0, 0.05) is 13.2 Å². The second kappa shape index (κ2) is 5.48. The van der Waals surface area contributed by atoms with Crippen molar-refractivity contribution in [1.29, 1.82) is 0 Å². The maximum absolute atomic E-state index is 10.3. The lowest BCUT2D eigenvalue weighted by molar-refractivity contribution is -0.104. The van der Waals surface area contributed by atoms with E-state index >= 15 is 0 Å². The van der Waals surface area contributed by atoms with E-state index in [1.54, 1.807) is 13.1 Å². The van der Waals surface area contributed by atoms with Crippen LogP contribution >= 0.6 is 11.6 Å². The van der Waals surface area contributed by atoms with Crippen molar-refractivity contribution in [3.8, 4) is 0 Å². The molecule has 0 aromatic carbocycles. The van der Waals surface area contributed by atoms with Gasteiger partial charge in [0.25, 0.3) is 0 Å². The number of carbonyl (C=O) groups excluding carboxylic acids is 1. The van der Waals surface area contributed by atoms with Crippen LogP contribution in [0.25, 0.3) is 6.08 Å². The lowest BCUT2D eigenvalue weighted by Gasteiger charge is -2.06. The van der Waals surface area contributed by atoms with E-state index in [2.05, 4.69) is 10.3 Å². The van der Waals surface area contributed by atoms with Gasteiger partial charge in [-0.1, -0.05) is 11.6 Å². The molecule has 0 fully saturated rings. The van der Waals surface area contributed by atoms with Crippen LogP contribution in [0.2, 0.25) is 0 Å². The predicted molar refractivity (Wildman–Crippen MR) is 59.6 cm³/mol. The molecule has 0 atom stereocenters. The Labute approximate surface area is 92.6 Å². The van der Waals surface area contributed by atoms with Crippen LogP contribution in [0.3, 0.4) is 0 Å². The Balaban J connectivity index is 3.13. The largest absolute Gasteiger partial charge is 0.392 e. The monoisotopic (exact) mass is 226 g/mol. The number of anilines is 1. The van der Waals surface area contributed by atoms with Crippen molar-refractivity contribution in [3.05, 3.63) is 28.6 Å². The highest BCUT2D eigenvalue weighted by Gasteiger charge is 2.02. The second-order valence-electron chi connectivity index (χ2n) is 2.83. The summed E-state index contributed by atoms with van der Waals surface area (Å²) >= 11 is 5.58. The summed E-state index contributed by atoms with van der Waals surface area (Å²) in [5, 5.41) is 11.9. The number of aliphatic hydroxyl groups excluding tert-OH is 1. The number of aldehydes is 1. The van der Waals surface area contributed by atoms with E-state index in [-0.39, 0.29) is 11.6 Å². The Morgan fingerprint density at radius 2 is 2.47 bits per heavy atom. The Hall–Kier alpha value is -1.39. The van der Waals surface area contributed by atoms with Gasteiger partial charge in [0.15, 0.2) is 6.29 Å². The first kappa shape index (κ1) is 11.7. The summed E-state index contributed by atoms with van der Waals surface area (Å²) in [7, 11) is 1.73. The van der Waals surface area contributed by atoms with Gasteiger partial charge in [0.05, 0.1) is 23.0 Å². The number of pyridine rings is 1. The number of halogens is 1. The van der Waals surface area contributed by atoms with Crippen LogP contribution in [0.4, 0.5) is 5.69 Å². The van der Waals surface area contributed by atoms with Crippen LogP contribution in [-0.4, -0.2) is 23.4 Å².